The Kier molecular flexibility index (Phi) is 4.68. The summed E-state index contributed by atoms with van der Waals surface area (Å²) in [7, 11) is 1.55. The number of carbonyl (C=O) groups is 1. The molecular weight excluding hydrogens is 260 g/mol. The van der Waals surface area contributed by atoms with E-state index in [1.807, 2.05) is 0 Å². The molecule has 0 saturated carbocycles. The van der Waals surface area contributed by atoms with Crippen LogP contribution >= 0.6 is 0 Å². The summed E-state index contributed by atoms with van der Waals surface area (Å²) in [6, 6.07) is 4.60. The maximum absolute atomic E-state index is 10.9. The number of hydrogen-bond acceptors (Lipinski definition) is 5. The summed E-state index contributed by atoms with van der Waals surface area (Å²) in [6.45, 7) is 2.17. The van der Waals surface area contributed by atoms with Crippen LogP contribution in [0.2, 0.25) is 0 Å². The molecule has 0 aliphatic carbocycles. The number of rotatable bonds is 5. The van der Waals surface area contributed by atoms with Gasteiger partial charge in [0.05, 0.1) is 12.0 Å². The highest BCUT2D eigenvalue weighted by Crippen LogP contribution is 2.26. The minimum absolute atomic E-state index is 0.0600. The third-order valence-electron chi connectivity index (χ3n) is 3.60. The maximum Gasteiger partial charge on any atom is 0.270 e. The first kappa shape index (κ1) is 14.5. The molecule has 1 fully saturated rings. The molecule has 108 valence electrons. The fourth-order valence-electron chi connectivity index (χ4n) is 2.59. The molecule has 1 unspecified atom stereocenters. The van der Waals surface area contributed by atoms with Gasteiger partial charge in [0.2, 0.25) is 0 Å². The van der Waals surface area contributed by atoms with Crippen LogP contribution in [-0.4, -0.2) is 36.3 Å². The molecular formula is C14H18N2O4. The Morgan fingerprint density at radius 1 is 1.55 bits per heavy atom. The first-order valence-corrected chi connectivity index (χ1v) is 6.63. The molecule has 1 heterocycles. The van der Waals surface area contributed by atoms with Crippen molar-refractivity contribution in [2.45, 2.75) is 19.4 Å². The van der Waals surface area contributed by atoms with Crippen molar-refractivity contribution in [1.29, 1.82) is 0 Å². The molecule has 6 nitrogen and oxygen atoms in total. The minimum atomic E-state index is -0.409. The van der Waals surface area contributed by atoms with Crippen molar-refractivity contribution < 1.29 is 14.5 Å². The van der Waals surface area contributed by atoms with Crippen molar-refractivity contribution in [3.8, 4) is 5.75 Å². The Bertz CT molecular complexity index is 504. The number of methoxy groups -OCH3 is 1. The molecule has 0 N–H and O–H groups in total. The number of ether oxygens (including phenoxy) is 1. The van der Waals surface area contributed by atoms with E-state index in [9.17, 15) is 14.9 Å². The van der Waals surface area contributed by atoms with Crippen LogP contribution in [0.5, 0.6) is 5.75 Å². The zero-order valence-corrected chi connectivity index (χ0v) is 11.4. The monoisotopic (exact) mass is 278 g/mol. The third kappa shape index (κ3) is 3.33. The average Bonchev–Trinajstić information content (AvgIpc) is 2.47. The lowest BCUT2D eigenvalue weighted by Crippen LogP contribution is -2.35. The highest BCUT2D eigenvalue weighted by atomic mass is 16.6. The number of likely N-dealkylation sites (tertiary alicyclic amines) is 1. The van der Waals surface area contributed by atoms with Crippen molar-refractivity contribution in [3.63, 3.8) is 0 Å². The van der Waals surface area contributed by atoms with E-state index >= 15 is 0 Å². The SMILES string of the molecule is COc1ccc([N+](=O)[O-])cc1CN1CCCC(C=O)C1. The number of hydrogen-bond donors (Lipinski definition) is 0. The van der Waals surface area contributed by atoms with Crippen LogP contribution < -0.4 is 4.74 Å². The van der Waals surface area contributed by atoms with Gasteiger partial charge in [-0.25, -0.2) is 0 Å². The zero-order chi connectivity index (χ0) is 14.5. The van der Waals surface area contributed by atoms with Crippen LogP contribution in [0.1, 0.15) is 18.4 Å². The number of piperidine rings is 1. The fraction of sp³-hybridized carbons (Fsp3) is 0.500. The molecule has 1 aromatic carbocycles. The van der Waals surface area contributed by atoms with Gasteiger partial charge in [0.25, 0.3) is 5.69 Å². The van der Waals surface area contributed by atoms with Gasteiger partial charge >= 0.3 is 0 Å². The average molecular weight is 278 g/mol. The molecule has 2 rings (SSSR count). The Balaban J connectivity index is 2.16. The van der Waals surface area contributed by atoms with Crippen LogP contribution in [0.25, 0.3) is 0 Å². The second-order valence-corrected chi connectivity index (χ2v) is 5.03. The van der Waals surface area contributed by atoms with Gasteiger partial charge in [0.1, 0.15) is 12.0 Å². The van der Waals surface area contributed by atoms with Gasteiger partial charge in [-0.05, 0) is 25.5 Å². The van der Waals surface area contributed by atoms with Crippen LogP contribution in [0, 0.1) is 16.0 Å². The number of nitro benzene ring substituents is 1. The lowest BCUT2D eigenvalue weighted by molar-refractivity contribution is -0.385. The van der Waals surface area contributed by atoms with Crippen molar-refractivity contribution in [2.75, 3.05) is 20.2 Å². The molecule has 20 heavy (non-hydrogen) atoms. The predicted octanol–water partition coefficient (Wildman–Crippen LogP) is 2.01. The summed E-state index contributed by atoms with van der Waals surface area (Å²) in [5, 5.41) is 10.8. The van der Waals surface area contributed by atoms with E-state index in [0.717, 1.165) is 31.2 Å². The number of non-ortho nitro benzene ring substituents is 1. The van der Waals surface area contributed by atoms with E-state index in [0.29, 0.717) is 18.8 Å². The van der Waals surface area contributed by atoms with Crippen molar-refractivity contribution in [2.24, 2.45) is 5.92 Å². The normalized spacial score (nSPS) is 19.6. The summed E-state index contributed by atoms with van der Waals surface area (Å²) in [6.07, 6.45) is 2.89. The summed E-state index contributed by atoms with van der Waals surface area (Å²) < 4.78 is 5.26. The van der Waals surface area contributed by atoms with Gasteiger partial charge in [0, 0.05) is 36.7 Å². The van der Waals surface area contributed by atoms with E-state index in [-0.39, 0.29) is 11.6 Å². The first-order chi connectivity index (χ1) is 9.63. The van der Waals surface area contributed by atoms with Crippen LogP contribution in [0.15, 0.2) is 18.2 Å². The minimum Gasteiger partial charge on any atom is -0.496 e. The summed E-state index contributed by atoms with van der Waals surface area (Å²) in [4.78, 5) is 23.5. The number of carbonyl (C=O) groups excluding carboxylic acids is 1. The maximum atomic E-state index is 10.9. The highest BCUT2D eigenvalue weighted by molar-refractivity contribution is 5.54. The molecule has 1 aliphatic heterocycles. The Labute approximate surface area is 117 Å². The molecule has 0 radical (unpaired) electrons. The smallest absolute Gasteiger partial charge is 0.270 e. The van der Waals surface area contributed by atoms with Gasteiger partial charge in [-0.2, -0.15) is 0 Å². The van der Waals surface area contributed by atoms with Gasteiger partial charge < -0.3 is 9.53 Å². The van der Waals surface area contributed by atoms with E-state index in [2.05, 4.69) is 4.90 Å². The van der Waals surface area contributed by atoms with Crippen LogP contribution in [0.4, 0.5) is 5.69 Å². The van der Waals surface area contributed by atoms with Gasteiger partial charge in [-0.15, -0.1) is 0 Å². The number of nitrogens with zero attached hydrogens (tertiary/aromatic N) is 2. The number of nitro groups is 1. The van der Waals surface area contributed by atoms with Gasteiger partial charge in [0.15, 0.2) is 0 Å². The second kappa shape index (κ2) is 6.47. The van der Waals surface area contributed by atoms with E-state index in [1.54, 1.807) is 19.2 Å². The first-order valence-electron chi connectivity index (χ1n) is 6.63. The van der Waals surface area contributed by atoms with Crippen molar-refractivity contribution in [1.82, 2.24) is 4.90 Å². The molecule has 1 aromatic rings. The van der Waals surface area contributed by atoms with Crippen molar-refractivity contribution >= 4 is 12.0 Å². The molecule has 0 amide bonds. The van der Waals surface area contributed by atoms with E-state index in [4.69, 9.17) is 4.74 Å². The number of aldehydes is 1. The topological polar surface area (TPSA) is 72.7 Å². The number of benzene rings is 1. The Morgan fingerprint density at radius 3 is 3.00 bits per heavy atom. The van der Waals surface area contributed by atoms with E-state index < -0.39 is 4.92 Å². The molecule has 1 saturated heterocycles. The molecule has 1 aliphatic rings. The third-order valence-corrected chi connectivity index (χ3v) is 3.60. The molecule has 0 bridgehead atoms. The highest BCUT2D eigenvalue weighted by Gasteiger charge is 2.21. The largest absolute Gasteiger partial charge is 0.496 e. The zero-order valence-electron chi connectivity index (χ0n) is 11.4. The summed E-state index contributed by atoms with van der Waals surface area (Å²) in [5.74, 6) is 0.706. The molecule has 0 spiro atoms. The Hall–Kier alpha value is -1.95. The standard InChI is InChI=1S/C14H18N2O4/c1-20-14-5-4-13(16(18)19)7-12(14)9-15-6-2-3-11(8-15)10-17/h4-5,7,10-11H,2-3,6,8-9H2,1H3. The quantitative estimate of drug-likeness (QED) is 0.468. The lowest BCUT2D eigenvalue weighted by atomic mass is 9.99. The summed E-state index contributed by atoms with van der Waals surface area (Å²) in [5.41, 5.74) is 0.845. The van der Waals surface area contributed by atoms with Crippen molar-refractivity contribution in [3.05, 3.63) is 33.9 Å². The molecule has 1 atom stereocenters. The van der Waals surface area contributed by atoms with Crippen LogP contribution in [-0.2, 0) is 11.3 Å². The van der Waals surface area contributed by atoms with Gasteiger partial charge in [-0.1, -0.05) is 0 Å². The fourth-order valence-corrected chi connectivity index (χ4v) is 2.59. The second-order valence-electron chi connectivity index (χ2n) is 5.03. The lowest BCUT2D eigenvalue weighted by Gasteiger charge is -2.30. The Morgan fingerprint density at radius 2 is 2.35 bits per heavy atom. The molecule has 6 heteroatoms. The summed E-state index contributed by atoms with van der Waals surface area (Å²) >= 11 is 0. The van der Waals surface area contributed by atoms with Gasteiger partial charge in [-0.3, -0.25) is 15.0 Å². The molecule has 0 aromatic heterocycles. The van der Waals surface area contributed by atoms with Crippen LogP contribution in [0.3, 0.4) is 0 Å². The predicted molar refractivity (Wildman–Crippen MR) is 73.7 cm³/mol. The van der Waals surface area contributed by atoms with E-state index in [1.165, 1.54) is 6.07 Å².